The number of halogens is 2. The van der Waals surface area contributed by atoms with E-state index in [1.54, 1.807) is 0 Å². The molecule has 4 heteroatoms. The summed E-state index contributed by atoms with van der Waals surface area (Å²) in [6.07, 6.45) is 0.380. The lowest BCUT2D eigenvalue weighted by Crippen LogP contribution is -2.06. The Morgan fingerprint density at radius 1 is 1.50 bits per heavy atom. The van der Waals surface area contributed by atoms with E-state index in [4.69, 9.17) is 16.3 Å². The van der Waals surface area contributed by atoms with Gasteiger partial charge >= 0.3 is 0 Å². The Hall–Kier alpha value is -0.540. The molecule has 0 atom stereocenters. The second-order valence-corrected chi connectivity index (χ2v) is 4.19. The van der Waals surface area contributed by atoms with Gasteiger partial charge in [0.15, 0.2) is 0 Å². The van der Waals surface area contributed by atoms with Crippen molar-refractivity contribution in [2.45, 2.75) is 19.2 Å². The first kappa shape index (κ1) is 13.5. The van der Waals surface area contributed by atoms with Crippen LogP contribution in [0.2, 0.25) is 0 Å². The van der Waals surface area contributed by atoms with Crippen molar-refractivity contribution in [2.75, 3.05) is 11.9 Å². The number of rotatable bonds is 6. The van der Waals surface area contributed by atoms with Gasteiger partial charge in [-0.2, -0.15) is 0 Å². The molecule has 0 saturated heterocycles. The summed E-state index contributed by atoms with van der Waals surface area (Å²) in [7, 11) is 0. The molecule has 0 aliphatic heterocycles. The van der Waals surface area contributed by atoms with E-state index < -0.39 is 0 Å². The van der Waals surface area contributed by atoms with E-state index in [2.05, 4.69) is 15.9 Å². The van der Waals surface area contributed by atoms with E-state index >= 15 is 0 Å². The maximum absolute atomic E-state index is 11.4. The molecule has 0 spiro atoms. The van der Waals surface area contributed by atoms with Crippen LogP contribution in [0.25, 0.3) is 0 Å². The summed E-state index contributed by atoms with van der Waals surface area (Å²) in [5, 5.41) is 0.365. The fraction of sp³-hybridized carbons (Fsp3) is 0.417. The zero-order valence-electron chi connectivity index (χ0n) is 9.13. The lowest BCUT2D eigenvalue weighted by Gasteiger charge is -2.10. The Morgan fingerprint density at radius 2 is 2.25 bits per heavy atom. The maximum atomic E-state index is 11.4. The predicted molar refractivity (Wildman–Crippen MR) is 69.7 cm³/mol. The van der Waals surface area contributed by atoms with Crippen molar-refractivity contribution >= 4 is 33.3 Å². The molecule has 0 radical (unpaired) electrons. The van der Waals surface area contributed by atoms with Crippen LogP contribution in [0.4, 0.5) is 0 Å². The number of Topliss-reactive ketones (excluding diaryl/α,β-unsaturated/α-hetero) is 1. The molecule has 0 N–H and O–H groups in total. The largest absolute Gasteiger partial charge is 0.494 e. The molecule has 0 bridgehead atoms. The van der Waals surface area contributed by atoms with Crippen molar-refractivity contribution in [3.8, 4) is 5.75 Å². The minimum Gasteiger partial charge on any atom is -0.494 e. The topological polar surface area (TPSA) is 26.3 Å². The smallest absolute Gasteiger partial charge is 0.147 e. The van der Waals surface area contributed by atoms with Crippen LogP contribution in [-0.2, 0) is 17.1 Å². The van der Waals surface area contributed by atoms with Crippen LogP contribution < -0.4 is 4.74 Å². The van der Waals surface area contributed by atoms with Crippen LogP contribution in [0.1, 0.15) is 18.1 Å². The molecule has 0 aliphatic rings. The molecular formula is C12H14BrClO2. The van der Waals surface area contributed by atoms with Crippen LogP contribution in [-0.4, -0.2) is 17.7 Å². The van der Waals surface area contributed by atoms with Gasteiger partial charge < -0.3 is 4.74 Å². The molecule has 88 valence electrons. The molecule has 0 heterocycles. The molecule has 0 amide bonds. The van der Waals surface area contributed by atoms with Gasteiger partial charge in [-0.25, -0.2) is 0 Å². The van der Waals surface area contributed by atoms with Crippen molar-refractivity contribution in [3.63, 3.8) is 0 Å². The molecule has 1 rings (SSSR count). The predicted octanol–water partition coefficient (Wildman–Crippen LogP) is 3.33. The third-order valence-electron chi connectivity index (χ3n) is 2.12. The Kier molecular flexibility index (Phi) is 5.85. The number of hydrogen-bond donors (Lipinski definition) is 0. The van der Waals surface area contributed by atoms with Gasteiger partial charge in [-0.15, -0.1) is 11.6 Å². The van der Waals surface area contributed by atoms with Crippen molar-refractivity contribution in [2.24, 2.45) is 0 Å². The van der Waals surface area contributed by atoms with Crippen molar-refractivity contribution in [1.29, 1.82) is 0 Å². The van der Waals surface area contributed by atoms with Gasteiger partial charge in [-0.05, 0) is 18.6 Å². The molecule has 16 heavy (non-hydrogen) atoms. The van der Waals surface area contributed by atoms with Crippen LogP contribution in [0.5, 0.6) is 5.75 Å². The van der Waals surface area contributed by atoms with E-state index in [-0.39, 0.29) is 5.78 Å². The summed E-state index contributed by atoms with van der Waals surface area (Å²) >= 11 is 8.92. The highest BCUT2D eigenvalue weighted by Crippen LogP contribution is 2.22. The molecule has 0 aromatic heterocycles. The minimum atomic E-state index is 0.132. The van der Waals surface area contributed by atoms with Crippen LogP contribution in [0.3, 0.4) is 0 Å². The first-order chi connectivity index (χ1) is 7.71. The highest BCUT2D eigenvalue weighted by atomic mass is 79.9. The minimum absolute atomic E-state index is 0.132. The SMILES string of the molecule is CCOc1ccc(CCl)cc1CC(=O)CBr. The van der Waals surface area contributed by atoms with Gasteiger partial charge in [0.25, 0.3) is 0 Å². The van der Waals surface area contributed by atoms with E-state index in [9.17, 15) is 4.79 Å². The normalized spacial score (nSPS) is 10.2. The summed E-state index contributed by atoms with van der Waals surface area (Å²) in [4.78, 5) is 11.4. The second kappa shape index (κ2) is 6.92. The molecule has 0 aliphatic carbocycles. The molecular weight excluding hydrogens is 291 g/mol. The van der Waals surface area contributed by atoms with Gasteiger partial charge in [-0.3, -0.25) is 4.79 Å². The third kappa shape index (κ3) is 3.80. The number of alkyl halides is 2. The summed E-state index contributed by atoms with van der Waals surface area (Å²) in [6.45, 7) is 2.52. The van der Waals surface area contributed by atoms with Gasteiger partial charge in [-0.1, -0.05) is 28.1 Å². The quantitative estimate of drug-likeness (QED) is 0.754. The summed E-state index contributed by atoms with van der Waals surface area (Å²) in [5.41, 5.74) is 1.91. The molecule has 0 fully saturated rings. The van der Waals surface area contributed by atoms with Gasteiger partial charge in [0.1, 0.15) is 11.5 Å². The fourth-order valence-corrected chi connectivity index (χ4v) is 1.77. The number of ether oxygens (including phenoxy) is 1. The van der Waals surface area contributed by atoms with Crippen LogP contribution in [0, 0.1) is 0 Å². The Balaban J connectivity index is 2.95. The summed E-state index contributed by atoms with van der Waals surface area (Å²) in [5.74, 6) is 1.35. The van der Waals surface area contributed by atoms with Crippen molar-refractivity contribution in [1.82, 2.24) is 0 Å². The molecule has 2 nitrogen and oxygen atoms in total. The monoisotopic (exact) mass is 304 g/mol. The fourth-order valence-electron chi connectivity index (χ4n) is 1.41. The van der Waals surface area contributed by atoms with E-state index in [1.165, 1.54) is 0 Å². The molecule has 0 saturated carbocycles. The molecule has 1 aromatic carbocycles. The Labute approximate surface area is 109 Å². The third-order valence-corrected chi connectivity index (χ3v) is 3.05. The van der Waals surface area contributed by atoms with Crippen LogP contribution in [0.15, 0.2) is 18.2 Å². The lowest BCUT2D eigenvalue weighted by atomic mass is 10.1. The van der Waals surface area contributed by atoms with E-state index in [0.29, 0.717) is 24.2 Å². The average Bonchev–Trinajstić information content (AvgIpc) is 2.31. The van der Waals surface area contributed by atoms with Crippen molar-refractivity contribution in [3.05, 3.63) is 29.3 Å². The van der Waals surface area contributed by atoms with E-state index in [1.807, 2.05) is 25.1 Å². The number of benzene rings is 1. The highest BCUT2D eigenvalue weighted by molar-refractivity contribution is 9.09. The zero-order chi connectivity index (χ0) is 12.0. The number of carbonyl (C=O) groups excluding carboxylic acids is 1. The van der Waals surface area contributed by atoms with Gasteiger partial charge in [0.05, 0.1) is 11.9 Å². The first-order valence-corrected chi connectivity index (χ1v) is 6.75. The summed E-state index contributed by atoms with van der Waals surface area (Å²) < 4.78 is 5.47. The Bertz CT molecular complexity index is 366. The first-order valence-electron chi connectivity index (χ1n) is 5.09. The standard InChI is InChI=1S/C12H14BrClO2/c1-2-16-12-4-3-9(8-14)5-10(12)6-11(15)7-13/h3-5H,2,6-8H2,1H3. The number of ketones is 1. The van der Waals surface area contributed by atoms with E-state index in [0.717, 1.165) is 16.9 Å². The van der Waals surface area contributed by atoms with Gasteiger partial charge in [0.2, 0.25) is 0 Å². The molecule has 0 unspecified atom stereocenters. The second-order valence-electron chi connectivity index (χ2n) is 3.36. The van der Waals surface area contributed by atoms with Gasteiger partial charge in [0, 0.05) is 17.9 Å². The zero-order valence-corrected chi connectivity index (χ0v) is 11.5. The average molecular weight is 306 g/mol. The Morgan fingerprint density at radius 3 is 2.81 bits per heavy atom. The van der Waals surface area contributed by atoms with Crippen LogP contribution >= 0.6 is 27.5 Å². The highest BCUT2D eigenvalue weighted by Gasteiger charge is 2.09. The number of hydrogen-bond acceptors (Lipinski definition) is 2. The lowest BCUT2D eigenvalue weighted by molar-refractivity contribution is -0.115. The maximum Gasteiger partial charge on any atom is 0.147 e. The number of carbonyl (C=O) groups is 1. The summed E-state index contributed by atoms with van der Waals surface area (Å²) in [6, 6.07) is 5.72. The molecule has 1 aromatic rings. The van der Waals surface area contributed by atoms with Crippen molar-refractivity contribution < 1.29 is 9.53 Å².